The number of carbonyl (C=O) groups is 1. The largest absolute Gasteiger partial charge is 0.512 e. The van der Waals surface area contributed by atoms with Crippen molar-refractivity contribution < 1.29 is 34.4 Å². The van der Waals surface area contributed by atoms with Gasteiger partial charge in [0.05, 0.1) is 11.3 Å². The van der Waals surface area contributed by atoms with Gasteiger partial charge < -0.3 is 9.52 Å². The molecule has 0 aliphatic heterocycles. The van der Waals surface area contributed by atoms with Crippen molar-refractivity contribution in [2.45, 2.75) is 41.5 Å². The number of aromatic nitrogens is 1. The standard InChI is InChI=1S/C25H20NO.C5H8O2.Ir/c1-14-13-20(17(4)16(3)15(14)2)24-25-23(18-9-5-7-11-21(18)26-24)19-10-6-8-12-22(19)27-25;1-4(6)3-5(2)7;/h5-12H,1-4H3;3,6H,1-2H3;/q-1;;/b;4-3-;. The maximum atomic E-state index is 10.0. The van der Waals surface area contributed by atoms with Crippen LogP contribution in [0.25, 0.3) is 44.1 Å². The first-order valence-electron chi connectivity index (χ1n) is 11.3. The number of para-hydroxylation sites is 2. The minimum absolute atomic E-state index is 0. The van der Waals surface area contributed by atoms with Gasteiger partial charge in [0.2, 0.25) is 0 Å². The van der Waals surface area contributed by atoms with Crippen molar-refractivity contribution in [2.24, 2.45) is 0 Å². The van der Waals surface area contributed by atoms with Crippen molar-refractivity contribution in [1.29, 1.82) is 0 Å². The molecule has 3 aromatic carbocycles. The number of hydrogen-bond donors (Lipinski definition) is 1. The van der Waals surface area contributed by atoms with E-state index in [0.717, 1.165) is 49.7 Å². The molecule has 2 heterocycles. The van der Waals surface area contributed by atoms with Crippen LogP contribution in [0.15, 0.2) is 64.8 Å². The molecular formula is C30H28IrNO3-. The van der Waals surface area contributed by atoms with Gasteiger partial charge in [-0.05, 0) is 26.0 Å². The Balaban J connectivity index is 0.000000378. The van der Waals surface area contributed by atoms with Gasteiger partial charge in [-0.2, -0.15) is 0 Å². The smallest absolute Gasteiger partial charge is 0.155 e. The van der Waals surface area contributed by atoms with Crippen molar-refractivity contribution in [1.82, 2.24) is 4.98 Å². The summed E-state index contributed by atoms with van der Waals surface area (Å²) in [5.41, 5.74) is 9.58. The monoisotopic (exact) mass is 643 g/mol. The number of allylic oxidation sites excluding steroid dienone is 2. The number of aryl methyl sites for hydroxylation is 1. The van der Waals surface area contributed by atoms with E-state index in [1.54, 1.807) is 0 Å². The maximum Gasteiger partial charge on any atom is 0.155 e. The molecule has 0 amide bonds. The van der Waals surface area contributed by atoms with E-state index in [-0.39, 0.29) is 31.6 Å². The molecular weight excluding hydrogens is 615 g/mol. The Morgan fingerprint density at radius 1 is 0.914 bits per heavy atom. The number of benzene rings is 3. The Kier molecular flexibility index (Phi) is 7.94. The normalized spacial score (nSPS) is 11.3. The first kappa shape index (κ1) is 26.3. The van der Waals surface area contributed by atoms with E-state index in [1.807, 2.05) is 18.2 Å². The van der Waals surface area contributed by atoms with Crippen molar-refractivity contribution >= 4 is 38.6 Å². The molecule has 0 aliphatic carbocycles. The molecule has 0 saturated heterocycles. The van der Waals surface area contributed by atoms with Crippen LogP contribution in [-0.2, 0) is 24.9 Å². The number of carbonyl (C=O) groups excluding carboxylic acids is 1. The molecule has 0 fully saturated rings. The molecule has 0 bridgehead atoms. The Morgan fingerprint density at radius 2 is 1.54 bits per heavy atom. The van der Waals surface area contributed by atoms with Gasteiger partial charge in [0.15, 0.2) is 5.78 Å². The van der Waals surface area contributed by atoms with Gasteiger partial charge >= 0.3 is 0 Å². The number of fused-ring (bicyclic) bond motifs is 5. The molecule has 5 aromatic rings. The fourth-order valence-corrected chi connectivity index (χ4v) is 4.26. The number of furan rings is 1. The molecule has 2 aromatic heterocycles. The number of pyridine rings is 1. The summed E-state index contributed by atoms with van der Waals surface area (Å²) in [6, 6.07) is 20.1. The van der Waals surface area contributed by atoms with Crippen LogP contribution >= 0.6 is 0 Å². The van der Waals surface area contributed by atoms with Crippen LogP contribution in [0, 0.1) is 33.8 Å². The Morgan fingerprint density at radius 3 is 2.17 bits per heavy atom. The summed E-state index contributed by atoms with van der Waals surface area (Å²) in [5, 5.41) is 11.8. The fraction of sp³-hybridized carbons (Fsp3) is 0.200. The number of hydrogen-bond acceptors (Lipinski definition) is 4. The molecule has 4 nitrogen and oxygen atoms in total. The van der Waals surface area contributed by atoms with Gasteiger partial charge in [0.1, 0.15) is 11.2 Å². The van der Waals surface area contributed by atoms with Gasteiger partial charge in [-0.1, -0.05) is 64.1 Å². The second kappa shape index (κ2) is 10.6. The van der Waals surface area contributed by atoms with Crippen LogP contribution in [0.3, 0.4) is 0 Å². The minimum atomic E-state index is -0.125. The zero-order valence-corrected chi connectivity index (χ0v) is 23.1. The molecule has 0 saturated carbocycles. The van der Waals surface area contributed by atoms with E-state index in [9.17, 15) is 4.79 Å². The second-order valence-corrected chi connectivity index (χ2v) is 8.68. The molecule has 0 atom stereocenters. The third kappa shape index (κ3) is 5.07. The topological polar surface area (TPSA) is 63.3 Å². The summed E-state index contributed by atoms with van der Waals surface area (Å²) >= 11 is 0. The summed E-state index contributed by atoms with van der Waals surface area (Å²) in [6.07, 6.45) is 1.17. The van der Waals surface area contributed by atoms with E-state index in [0.29, 0.717) is 0 Å². The molecule has 0 aliphatic rings. The number of aliphatic hydroxyl groups excluding tert-OH is 1. The summed E-state index contributed by atoms with van der Waals surface area (Å²) < 4.78 is 6.33. The van der Waals surface area contributed by atoms with E-state index < -0.39 is 0 Å². The molecule has 5 rings (SSSR count). The van der Waals surface area contributed by atoms with Gasteiger partial charge in [0, 0.05) is 48.0 Å². The van der Waals surface area contributed by atoms with Crippen LogP contribution in [0.2, 0.25) is 0 Å². The van der Waals surface area contributed by atoms with Crippen molar-refractivity contribution in [2.75, 3.05) is 0 Å². The fourth-order valence-electron chi connectivity index (χ4n) is 4.26. The van der Waals surface area contributed by atoms with Crippen LogP contribution in [0.4, 0.5) is 0 Å². The quantitative estimate of drug-likeness (QED) is 0.121. The molecule has 181 valence electrons. The maximum absolute atomic E-state index is 10.0. The second-order valence-electron chi connectivity index (χ2n) is 8.68. The zero-order chi connectivity index (χ0) is 24.6. The zero-order valence-electron chi connectivity index (χ0n) is 20.7. The molecule has 5 heteroatoms. The predicted molar refractivity (Wildman–Crippen MR) is 139 cm³/mol. The molecule has 1 radical (unpaired) electrons. The molecule has 0 unspecified atom stereocenters. The Hall–Kier alpha value is -3.27. The SMILES string of the molecule is CC(=O)/C=C(/C)O.Cc1[c-]c(-c2nc3ccccc3c3c2oc2ccccc23)c(C)c(C)c1C.[Ir]. The number of rotatable bonds is 2. The van der Waals surface area contributed by atoms with E-state index in [4.69, 9.17) is 14.5 Å². The van der Waals surface area contributed by atoms with Gasteiger partial charge in [-0.3, -0.25) is 9.78 Å². The van der Waals surface area contributed by atoms with Crippen LogP contribution < -0.4 is 0 Å². The molecule has 35 heavy (non-hydrogen) atoms. The van der Waals surface area contributed by atoms with Gasteiger partial charge in [-0.25, -0.2) is 0 Å². The average molecular weight is 643 g/mol. The Bertz CT molecular complexity index is 1590. The van der Waals surface area contributed by atoms with Crippen LogP contribution in [0.5, 0.6) is 0 Å². The van der Waals surface area contributed by atoms with Crippen molar-refractivity contribution in [3.8, 4) is 11.3 Å². The van der Waals surface area contributed by atoms with Crippen LogP contribution in [-0.4, -0.2) is 15.9 Å². The number of ketones is 1. The summed E-state index contributed by atoms with van der Waals surface area (Å²) in [7, 11) is 0. The molecule has 0 spiro atoms. The summed E-state index contributed by atoms with van der Waals surface area (Å²) in [6.45, 7) is 11.4. The average Bonchev–Trinajstić information content (AvgIpc) is 3.19. The van der Waals surface area contributed by atoms with Crippen molar-refractivity contribution in [3.63, 3.8) is 0 Å². The third-order valence-electron chi connectivity index (χ3n) is 6.24. The predicted octanol–water partition coefficient (Wildman–Crippen LogP) is 7.87. The number of aliphatic hydroxyl groups is 1. The van der Waals surface area contributed by atoms with Crippen LogP contribution in [0.1, 0.15) is 36.1 Å². The minimum Gasteiger partial charge on any atom is -0.512 e. The van der Waals surface area contributed by atoms with Gasteiger partial charge in [-0.15, -0.1) is 33.9 Å². The third-order valence-corrected chi connectivity index (χ3v) is 6.24. The summed E-state index contributed by atoms with van der Waals surface area (Å²) in [5.74, 6) is -0.0625. The van der Waals surface area contributed by atoms with E-state index in [2.05, 4.69) is 64.1 Å². The Labute approximate surface area is 219 Å². The first-order valence-corrected chi connectivity index (χ1v) is 11.3. The summed E-state index contributed by atoms with van der Waals surface area (Å²) in [4.78, 5) is 15.0. The number of nitrogens with zero attached hydrogens (tertiary/aromatic N) is 1. The first-order chi connectivity index (χ1) is 16.2. The van der Waals surface area contributed by atoms with E-state index in [1.165, 1.54) is 36.6 Å². The molecule has 1 N–H and O–H groups in total. The van der Waals surface area contributed by atoms with Gasteiger partial charge in [0.25, 0.3) is 0 Å². The van der Waals surface area contributed by atoms with Crippen molar-refractivity contribution in [3.05, 3.63) is 88.7 Å². The van der Waals surface area contributed by atoms with E-state index >= 15 is 0 Å².